The number of anilines is 1. The molecule has 5 aliphatic rings. The Labute approximate surface area is 285 Å². The van der Waals surface area contributed by atoms with Crippen LogP contribution >= 0.6 is 11.8 Å². The van der Waals surface area contributed by atoms with Crippen LogP contribution in [0.1, 0.15) is 90.2 Å². The van der Waals surface area contributed by atoms with E-state index in [9.17, 15) is 19.8 Å². The van der Waals surface area contributed by atoms with Crippen molar-refractivity contribution >= 4 is 40.5 Å². The van der Waals surface area contributed by atoms with Gasteiger partial charge in [0.15, 0.2) is 17.2 Å². The molecule has 8 rings (SSSR count). The number of ether oxygens (including phenoxy) is 1. The van der Waals surface area contributed by atoms with Crippen molar-refractivity contribution in [2.45, 2.75) is 76.2 Å². The molecule has 2 N–H and O–H groups in total. The van der Waals surface area contributed by atoms with Gasteiger partial charge in [-0.05, 0) is 74.8 Å². The molecule has 0 bridgehead atoms. The van der Waals surface area contributed by atoms with Crippen LogP contribution in [0.4, 0.5) is 18.9 Å². The molecule has 5 aliphatic heterocycles. The third-order valence-corrected chi connectivity index (χ3v) is 11.7. The van der Waals surface area contributed by atoms with Crippen molar-refractivity contribution in [2.24, 2.45) is 0 Å². The fourth-order valence-electron chi connectivity index (χ4n) is 8.78. The van der Waals surface area contributed by atoms with Crippen molar-refractivity contribution in [3.8, 4) is 11.5 Å². The molecule has 0 aliphatic carbocycles. The quantitative estimate of drug-likeness (QED) is 0.150. The number of aryl methyl sites for hydroxylation is 1. The number of hydrogen-bond acceptors (Lipinski definition) is 5. The average Bonchev–Trinajstić information content (AvgIpc) is 3.27. The van der Waals surface area contributed by atoms with Gasteiger partial charge >= 0.3 is 11.9 Å². The van der Waals surface area contributed by atoms with E-state index in [2.05, 4.69) is 29.4 Å². The maximum Gasteiger partial charge on any atom is 0.339 e. The highest BCUT2D eigenvalue weighted by Gasteiger charge is 2.42. The first-order valence-electron chi connectivity index (χ1n) is 16.8. The summed E-state index contributed by atoms with van der Waals surface area (Å²) in [5.74, 6) is -7.72. The summed E-state index contributed by atoms with van der Waals surface area (Å²) in [6.45, 7) is 8.93. The third-order valence-electron chi connectivity index (χ3n) is 10.7. The average molecular weight is 690 g/mol. The molecule has 0 spiro atoms. The lowest BCUT2D eigenvalue weighted by Crippen LogP contribution is -2.53. The second kappa shape index (κ2) is 11.4. The number of nitrogens with zero attached hydrogens (tertiary/aromatic N) is 2. The smallest absolute Gasteiger partial charge is 0.339 e. The number of aromatic carboxylic acids is 1. The van der Waals surface area contributed by atoms with Crippen molar-refractivity contribution in [1.29, 1.82) is 0 Å². The third kappa shape index (κ3) is 4.75. The molecule has 3 aromatic carbocycles. The number of hydrogen-bond donors (Lipinski definition) is 2. The highest BCUT2D eigenvalue weighted by molar-refractivity contribution is 8.00. The zero-order chi connectivity index (χ0) is 34.5. The van der Waals surface area contributed by atoms with Crippen LogP contribution in [-0.4, -0.2) is 53.1 Å². The fraction of sp³-hybridized carbons (Fsp3) is 0.395. The molecular weight excluding hydrogens is 653 g/mol. The van der Waals surface area contributed by atoms with Crippen molar-refractivity contribution < 1.29 is 37.7 Å². The highest BCUT2D eigenvalue weighted by Crippen LogP contribution is 2.50. The maximum atomic E-state index is 17.0. The van der Waals surface area contributed by atoms with Gasteiger partial charge in [-0.3, -0.25) is 4.79 Å². The zero-order valence-electron chi connectivity index (χ0n) is 27.6. The SMILES string of the molecule is CC1=CC(C)(C)[N+]2=c3c1cc1c(c3CCC2)Oc2c(cc3c4c2CCCN4CCCC3)C=1c1c(F)c(SCC(=O)O)c(F)c(F)c1C(=O)O. The predicted octanol–water partition coefficient (Wildman–Crippen LogP) is 6.05. The number of fused-ring (bicyclic) bond motifs is 4. The Morgan fingerprint density at radius 3 is 2.45 bits per heavy atom. The molecule has 0 aromatic heterocycles. The van der Waals surface area contributed by atoms with Crippen molar-refractivity contribution in [3.63, 3.8) is 0 Å². The first kappa shape index (κ1) is 32.0. The van der Waals surface area contributed by atoms with E-state index in [-0.39, 0.29) is 11.1 Å². The number of aliphatic carboxylic acids is 1. The number of carboxylic acid groups (broad SMARTS) is 2. The van der Waals surface area contributed by atoms with Crippen LogP contribution in [-0.2, 0) is 24.1 Å². The summed E-state index contributed by atoms with van der Waals surface area (Å²) >= 11 is 0.290. The van der Waals surface area contributed by atoms with Gasteiger partial charge in [0.2, 0.25) is 5.36 Å². The normalized spacial score (nSPS) is 18.4. The summed E-state index contributed by atoms with van der Waals surface area (Å²) in [4.78, 5) is 25.8. The summed E-state index contributed by atoms with van der Waals surface area (Å²) in [5, 5.41) is 21.2. The number of halogens is 3. The van der Waals surface area contributed by atoms with Crippen LogP contribution in [0, 0.1) is 17.5 Å². The molecule has 5 heterocycles. The lowest BCUT2D eigenvalue weighted by molar-refractivity contribution is -0.133. The number of rotatable bonds is 5. The van der Waals surface area contributed by atoms with E-state index in [1.54, 1.807) is 0 Å². The van der Waals surface area contributed by atoms with Crippen LogP contribution in [0.5, 0.6) is 11.5 Å². The first-order valence-corrected chi connectivity index (χ1v) is 17.8. The minimum absolute atomic E-state index is 0.122. The Kier molecular flexibility index (Phi) is 7.44. The largest absolute Gasteiger partial charge is 0.481 e. The Bertz CT molecular complexity index is 2210. The number of allylic oxidation sites excluding steroid dienone is 1. The van der Waals surface area contributed by atoms with E-state index in [4.69, 9.17) is 4.74 Å². The summed E-state index contributed by atoms with van der Waals surface area (Å²) in [6.07, 6.45) is 7.89. The van der Waals surface area contributed by atoms with Crippen molar-refractivity contribution in [2.75, 3.05) is 30.3 Å². The predicted molar refractivity (Wildman–Crippen MR) is 181 cm³/mol. The van der Waals surface area contributed by atoms with Gasteiger partial charge in [-0.2, -0.15) is 0 Å². The van der Waals surface area contributed by atoms with Gasteiger partial charge in [0.1, 0.15) is 29.4 Å². The molecule has 0 amide bonds. The topological polar surface area (TPSA) is 90.1 Å². The minimum Gasteiger partial charge on any atom is -0.481 e. The monoisotopic (exact) mass is 689 g/mol. The summed E-state index contributed by atoms with van der Waals surface area (Å²) in [5.41, 5.74) is 4.41. The van der Waals surface area contributed by atoms with Gasteiger partial charge in [0, 0.05) is 72.1 Å². The van der Waals surface area contributed by atoms with Gasteiger partial charge in [-0.1, -0.05) is 0 Å². The number of carbonyl (C=O) groups is 2. The molecule has 254 valence electrons. The standard InChI is InChI=1S/C38H35F3N2O5S/c1-18-16-38(2,3)43-13-7-10-21-33(43)22(18)15-24-26(27-28(37(46)47)29(39)31(41)36(30(27)40)49-17-25(44)45)23-14-19-8-4-5-11-42-12-6-9-20(32(19)42)34(23)48-35(21)24/h14-16H,4-13,17H2,1-3H3,(H-,44,45,46,47)/p+1. The van der Waals surface area contributed by atoms with Gasteiger partial charge < -0.3 is 19.8 Å². The Balaban J connectivity index is 1.58. The van der Waals surface area contributed by atoms with Gasteiger partial charge in [0.05, 0.1) is 16.2 Å². The first-order chi connectivity index (χ1) is 23.4. The van der Waals surface area contributed by atoms with Crippen LogP contribution in [0.3, 0.4) is 0 Å². The lowest BCUT2D eigenvalue weighted by Gasteiger charge is -2.36. The molecule has 0 unspecified atom stereocenters. The molecule has 11 heteroatoms. The van der Waals surface area contributed by atoms with Crippen molar-refractivity contribution in [1.82, 2.24) is 4.58 Å². The molecule has 0 atom stereocenters. The van der Waals surface area contributed by atoms with Gasteiger partial charge in [-0.25, -0.2) is 22.5 Å². The van der Waals surface area contributed by atoms with Crippen LogP contribution in [0.25, 0.3) is 11.1 Å². The Morgan fingerprint density at radius 2 is 1.69 bits per heavy atom. The van der Waals surface area contributed by atoms with E-state index in [1.807, 2.05) is 19.1 Å². The maximum absolute atomic E-state index is 17.0. The zero-order valence-corrected chi connectivity index (χ0v) is 28.4. The molecule has 3 aromatic rings. The Hall–Kier alpha value is -4.25. The number of thioether (sulfide) groups is 1. The second-order valence-corrected chi connectivity index (χ2v) is 15.1. The molecule has 0 saturated heterocycles. The van der Waals surface area contributed by atoms with E-state index >= 15 is 13.2 Å². The number of benzene rings is 3. The molecule has 7 nitrogen and oxygen atoms in total. The van der Waals surface area contributed by atoms with E-state index in [0.29, 0.717) is 46.9 Å². The van der Waals surface area contributed by atoms with Crippen molar-refractivity contribution in [3.05, 3.63) is 85.2 Å². The number of carboxylic acids is 2. The van der Waals surface area contributed by atoms with E-state index in [0.717, 1.165) is 90.6 Å². The Morgan fingerprint density at radius 1 is 0.939 bits per heavy atom. The fourth-order valence-corrected chi connectivity index (χ4v) is 9.50. The molecular formula is C38H36F3N2O5S+. The van der Waals surface area contributed by atoms with Crippen LogP contribution in [0.15, 0.2) is 23.1 Å². The minimum atomic E-state index is -1.83. The van der Waals surface area contributed by atoms with E-state index < -0.39 is 51.2 Å². The van der Waals surface area contributed by atoms with Gasteiger partial charge in [0.25, 0.3) is 0 Å². The summed E-state index contributed by atoms with van der Waals surface area (Å²) < 4.78 is 57.8. The highest BCUT2D eigenvalue weighted by atomic mass is 32.2. The summed E-state index contributed by atoms with van der Waals surface area (Å²) in [6, 6.07) is 3.81. The van der Waals surface area contributed by atoms with Gasteiger partial charge in [-0.15, -0.1) is 11.8 Å². The van der Waals surface area contributed by atoms with E-state index in [1.165, 1.54) is 0 Å². The second-order valence-electron chi connectivity index (χ2n) is 14.1. The molecule has 0 fully saturated rings. The van der Waals surface area contributed by atoms with Crippen LogP contribution in [0.2, 0.25) is 0 Å². The molecule has 49 heavy (non-hydrogen) atoms. The summed E-state index contributed by atoms with van der Waals surface area (Å²) in [7, 11) is 0. The molecule has 0 radical (unpaired) electrons. The van der Waals surface area contributed by atoms with Crippen LogP contribution < -0.4 is 24.8 Å². The lowest BCUT2D eigenvalue weighted by atomic mass is 9.81. The molecule has 0 saturated carbocycles.